The molecule has 5 heteroatoms. The summed E-state index contributed by atoms with van der Waals surface area (Å²) < 4.78 is 21.8. The van der Waals surface area contributed by atoms with Gasteiger partial charge in [0.2, 0.25) is 0 Å². The normalized spacial score (nSPS) is 20.6. The zero-order chi connectivity index (χ0) is 12.2. The van der Waals surface area contributed by atoms with Crippen LogP contribution in [0, 0.1) is 0 Å². The number of aliphatic hydroxyl groups is 1. The fraction of sp³-hybridized carbons (Fsp3) is 0.909. The Morgan fingerprint density at radius 1 is 1.25 bits per heavy atom. The van der Waals surface area contributed by atoms with E-state index in [0.29, 0.717) is 19.3 Å². The zero-order valence-corrected chi connectivity index (χ0v) is 10.6. The minimum atomic E-state index is -3.00. The highest BCUT2D eigenvalue weighted by Crippen LogP contribution is 2.29. The van der Waals surface area contributed by atoms with E-state index in [9.17, 15) is 18.3 Å². The first-order valence-corrected chi connectivity index (χ1v) is 7.83. The second-order valence-electron chi connectivity index (χ2n) is 4.75. The monoisotopic (exact) mass is 248 g/mol. The van der Waals surface area contributed by atoms with Gasteiger partial charge in [0.25, 0.3) is 0 Å². The Labute approximate surface area is 97.0 Å². The number of carbonyl (C=O) groups is 1. The van der Waals surface area contributed by atoms with Crippen LogP contribution in [0.2, 0.25) is 0 Å². The Morgan fingerprint density at radius 3 is 2.31 bits per heavy atom. The van der Waals surface area contributed by atoms with Gasteiger partial charge in [0.05, 0.1) is 5.75 Å². The van der Waals surface area contributed by atoms with Crippen LogP contribution in [0.4, 0.5) is 0 Å². The van der Waals surface area contributed by atoms with Crippen LogP contribution in [0.15, 0.2) is 0 Å². The van der Waals surface area contributed by atoms with Crippen molar-refractivity contribution >= 4 is 15.6 Å². The average molecular weight is 248 g/mol. The van der Waals surface area contributed by atoms with Crippen LogP contribution in [0.3, 0.4) is 0 Å². The standard InChI is InChI=1S/C11H20O4S/c1-16(14,15)9-5-6-10(12)11(13)7-3-2-4-8-11/h13H,2-9H2,1H3. The van der Waals surface area contributed by atoms with E-state index < -0.39 is 15.4 Å². The molecule has 0 unspecified atom stereocenters. The molecule has 0 aromatic heterocycles. The van der Waals surface area contributed by atoms with Gasteiger partial charge in [-0.1, -0.05) is 19.3 Å². The smallest absolute Gasteiger partial charge is 0.164 e. The average Bonchev–Trinajstić information content (AvgIpc) is 2.16. The van der Waals surface area contributed by atoms with Crippen molar-refractivity contribution in [1.29, 1.82) is 0 Å². The van der Waals surface area contributed by atoms with E-state index in [0.717, 1.165) is 25.5 Å². The van der Waals surface area contributed by atoms with Crippen molar-refractivity contribution in [2.75, 3.05) is 12.0 Å². The Kier molecular flexibility index (Phi) is 4.50. The predicted octanol–water partition coefficient (Wildman–Crippen LogP) is 1.08. The molecule has 0 amide bonds. The molecule has 0 heterocycles. The summed E-state index contributed by atoms with van der Waals surface area (Å²) in [5.74, 6) is -0.162. The van der Waals surface area contributed by atoms with Crippen molar-refractivity contribution in [2.45, 2.75) is 50.5 Å². The van der Waals surface area contributed by atoms with Crippen molar-refractivity contribution in [1.82, 2.24) is 0 Å². The van der Waals surface area contributed by atoms with Gasteiger partial charge in [-0.3, -0.25) is 4.79 Å². The van der Waals surface area contributed by atoms with Crippen LogP contribution in [0.1, 0.15) is 44.9 Å². The van der Waals surface area contributed by atoms with Gasteiger partial charge >= 0.3 is 0 Å². The molecule has 0 aromatic rings. The van der Waals surface area contributed by atoms with Crippen LogP contribution < -0.4 is 0 Å². The van der Waals surface area contributed by atoms with Gasteiger partial charge in [-0.15, -0.1) is 0 Å². The van der Waals surface area contributed by atoms with E-state index in [1.165, 1.54) is 0 Å². The topological polar surface area (TPSA) is 71.4 Å². The summed E-state index contributed by atoms with van der Waals surface area (Å²) in [5.41, 5.74) is -1.17. The Morgan fingerprint density at radius 2 is 1.81 bits per heavy atom. The molecule has 0 bridgehead atoms. The molecular weight excluding hydrogens is 228 g/mol. The van der Waals surface area contributed by atoms with Gasteiger partial charge in [-0.05, 0) is 19.3 Å². The SMILES string of the molecule is CS(=O)(=O)CCCC(=O)C1(O)CCCCC1. The molecule has 4 nitrogen and oxygen atoms in total. The van der Waals surface area contributed by atoms with Crippen LogP contribution in [0.25, 0.3) is 0 Å². The lowest BCUT2D eigenvalue weighted by Gasteiger charge is -2.30. The zero-order valence-electron chi connectivity index (χ0n) is 9.74. The molecule has 1 aliphatic rings. The quantitative estimate of drug-likeness (QED) is 0.790. The van der Waals surface area contributed by atoms with Gasteiger partial charge in [0, 0.05) is 12.7 Å². The number of rotatable bonds is 5. The van der Waals surface area contributed by atoms with Crippen LogP contribution in [-0.4, -0.2) is 36.9 Å². The molecular formula is C11H20O4S. The van der Waals surface area contributed by atoms with E-state index in [1.807, 2.05) is 0 Å². The molecule has 16 heavy (non-hydrogen) atoms. The molecule has 0 radical (unpaired) electrons. The van der Waals surface area contributed by atoms with Crippen LogP contribution >= 0.6 is 0 Å². The second kappa shape index (κ2) is 5.27. The van der Waals surface area contributed by atoms with Crippen molar-refractivity contribution in [3.8, 4) is 0 Å². The maximum atomic E-state index is 11.8. The Balaban J connectivity index is 2.39. The highest BCUT2D eigenvalue weighted by Gasteiger charge is 2.35. The maximum absolute atomic E-state index is 11.8. The first-order chi connectivity index (χ1) is 7.33. The largest absolute Gasteiger partial charge is 0.382 e. The lowest BCUT2D eigenvalue weighted by atomic mass is 9.80. The Hall–Kier alpha value is -0.420. The minimum absolute atomic E-state index is 0.0226. The highest BCUT2D eigenvalue weighted by molar-refractivity contribution is 7.90. The fourth-order valence-corrected chi connectivity index (χ4v) is 2.81. The summed E-state index contributed by atoms with van der Waals surface area (Å²) in [4.78, 5) is 11.8. The summed E-state index contributed by atoms with van der Waals surface area (Å²) in [6.07, 6.45) is 5.55. The maximum Gasteiger partial charge on any atom is 0.164 e. The summed E-state index contributed by atoms with van der Waals surface area (Å²) in [6, 6.07) is 0. The van der Waals surface area contributed by atoms with Gasteiger partial charge in [0.1, 0.15) is 15.4 Å². The summed E-state index contributed by atoms with van der Waals surface area (Å²) in [7, 11) is -3.00. The number of ketones is 1. The van der Waals surface area contributed by atoms with Gasteiger partial charge < -0.3 is 5.11 Å². The molecule has 1 rings (SSSR count). The van der Waals surface area contributed by atoms with Gasteiger partial charge in [-0.25, -0.2) is 8.42 Å². The Bertz CT molecular complexity index is 339. The number of Topliss-reactive ketones (excluding diaryl/α,β-unsaturated/α-hetero) is 1. The number of carbonyl (C=O) groups excluding carboxylic acids is 1. The molecule has 1 saturated carbocycles. The van der Waals surface area contributed by atoms with E-state index in [1.54, 1.807) is 0 Å². The van der Waals surface area contributed by atoms with Crippen molar-refractivity contribution in [3.63, 3.8) is 0 Å². The third-order valence-corrected chi connectivity index (χ3v) is 4.15. The minimum Gasteiger partial charge on any atom is -0.382 e. The molecule has 0 aromatic carbocycles. The molecule has 0 atom stereocenters. The summed E-state index contributed by atoms with van der Waals surface area (Å²) >= 11 is 0. The van der Waals surface area contributed by atoms with Crippen molar-refractivity contribution < 1.29 is 18.3 Å². The first-order valence-electron chi connectivity index (χ1n) is 5.77. The van der Waals surface area contributed by atoms with Crippen LogP contribution in [-0.2, 0) is 14.6 Å². The summed E-state index contributed by atoms with van der Waals surface area (Å²) in [5, 5.41) is 10.1. The lowest BCUT2D eigenvalue weighted by Crippen LogP contribution is -2.40. The molecule has 0 aliphatic heterocycles. The van der Waals surface area contributed by atoms with Gasteiger partial charge in [0.15, 0.2) is 5.78 Å². The van der Waals surface area contributed by atoms with Crippen LogP contribution in [0.5, 0.6) is 0 Å². The van der Waals surface area contributed by atoms with Crippen molar-refractivity contribution in [3.05, 3.63) is 0 Å². The van der Waals surface area contributed by atoms with Gasteiger partial charge in [-0.2, -0.15) is 0 Å². The first kappa shape index (κ1) is 13.6. The van der Waals surface area contributed by atoms with E-state index in [4.69, 9.17) is 0 Å². The van der Waals surface area contributed by atoms with E-state index in [-0.39, 0.29) is 18.0 Å². The molecule has 1 fully saturated rings. The molecule has 1 N–H and O–H groups in total. The number of hydrogen-bond acceptors (Lipinski definition) is 4. The third kappa shape index (κ3) is 4.22. The third-order valence-electron chi connectivity index (χ3n) is 3.12. The number of sulfone groups is 1. The number of hydrogen-bond donors (Lipinski definition) is 1. The molecule has 0 saturated heterocycles. The summed E-state index contributed by atoms with van der Waals surface area (Å²) in [6.45, 7) is 0. The molecule has 1 aliphatic carbocycles. The second-order valence-corrected chi connectivity index (χ2v) is 7.01. The van der Waals surface area contributed by atoms with E-state index in [2.05, 4.69) is 0 Å². The van der Waals surface area contributed by atoms with E-state index >= 15 is 0 Å². The lowest BCUT2D eigenvalue weighted by molar-refractivity contribution is -0.140. The molecule has 94 valence electrons. The van der Waals surface area contributed by atoms with Crippen molar-refractivity contribution in [2.24, 2.45) is 0 Å². The fourth-order valence-electron chi connectivity index (χ4n) is 2.14. The molecule has 0 spiro atoms. The predicted molar refractivity (Wildman–Crippen MR) is 62.0 cm³/mol. The highest BCUT2D eigenvalue weighted by atomic mass is 32.2.